The number of nitrogens with one attached hydrogen (secondary N) is 1. The Balaban J connectivity index is 1.69. The van der Waals surface area contributed by atoms with E-state index in [2.05, 4.69) is 15.3 Å². The molecule has 0 fully saturated rings. The highest BCUT2D eigenvalue weighted by atomic mass is 19.1. The molecule has 2 heterocycles. The highest BCUT2D eigenvalue weighted by Gasteiger charge is 2.14. The Morgan fingerprint density at radius 2 is 1.77 bits per heavy atom. The molecule has 4 rings (SSSR count). The van der Waals surface area contributed by atoms with Gasteiger partial charge in [0.25, 0.3) is 5.56 Å². The third-order valence-corrected chi connectivity index (χ3v) is 5.11. The third kappa shape index (κ3) is 4.29. The van der Waals surface area contributed by atoms with Crippen LogP contribution in [0.25, 0.3) is 11.0 Å². The fraction of sp³-hybridized carbons (Fsp3) is 0.174. The van der Waals surface area contributed by atoms with E-state index in [4.69, 9.17) is 0 Å². The molecule has 31 heavy (non-hydrogen) atoms. The summed E-state index contributed by atoms with van der Waals surface area (Å²) in [4.78, 5) is 21.2. The van der Waals surface area contributed by atoms with Gasteiger partial charge in [0, 0.05) is 23.2 Å². The molecule has 2 N–H and O–H groups in total. The van der Waals surface area contributed by atoms with Crippen molar-refractivity contribution in [2.24, 2.45) is 0 Å². The van der Waals surface area contributed by atoms with Crippen LogP contribution in [-0.4, -0.2) is 19.6 Å². The van der Waals surface area contributed by atoms with Crippen molar-refractivity contribution in [2.75, 3.05) is 5.32 Å². The second-order valence-electron chi connectivity index (χ2n) is 7.20. The SMILES string of the molecule is CC(Nc1ncc2ccc(=O)n(Cc3c(F)cccc3F)c2n1)c1ccc(CO)cc1. The number of fused-ring (bicyclic) bond motifs is 1. The monoisotopic (exact) mass is 422 g/mol. The standard InChI is InChI=1S/C23H20F2N4O2/c1-14(16-7-5-15(13-30)6-8-16)27-23-26-11-17-9-10-21(31)29(22(17)28-23)12-18-19(24)3-2-4-20(18)25/h2-11,14,30H,12-13H2,1H3,(H,26,27,28). The normalized spacial score (nSPS) is 12.1. The molecule has 0 radical (unpaired) electrons. The number of rotatable bonds is 6. The summed E-state index contributed by atoms with van der Waals surface area (Å²) in [5.74, 6) is -1.17. The molecule has 0 aliphatic carbocycles. The second kappa shape index (κ2) is 8.61. The topological polar surface area (TPSA) is 80.0 Å². The molecule has 0 saturated heterocycles. The quantitative estimate of drug-likeness (QED) is 0.494. The zero-order valence-corrected chi connectivity index (χ0v) is 16.7. The minimum absolute atomic E-state index is 0.0317. The highest BCUT2D eigenvalue weighted by Crippen LogP contribution is 2.20. The average molecular weight is 422 g/mol. The molecule has 4 aromatic rings. The van der Waals surface area contributed by atoms with Crippen molar-refractivity contribution in [3.05, 3.63) is 99.5 Å². The zero-order chi connectivity index (χ0) is 22.0. The van der Waals surface area contributed by atoms with Gasteiger partial charge in [-0.15, -0.1) is 0 Å². The molecule has 0 amide bonds. The van der Waals surface area contributed by atoms with E-state index < -0.39 is 17.2 Å². The van der Waals surface area contributed by atoms with E-state index in [-0.39, 0.29) is 36.4 Å². The van der Waals surface area contributed by atoms with E-state index in [1.807, 2.05) is 31.2 Å². The van der Waals surface area contributed by atoms with Gasteiger partial charge in [0.15, 0.2) is 0 Å². The van der Waals surface area contributed by atoms with Gasteiger partial charge in [-0.05, 0) is 36.2 Å². The van der Waals surface area contributed by atoms with Gasteiger partial charge in [0.05, 0.1) is 19.2 Å². The van der Waals surface area contributed by atoms with Gasteiger partial charge in [-0.3, -0.25) is 9.36 Å². The number of hydrogen-bond acceptors (Lipinski definition) is 5. The van der Waals surface area contributed by atoms with Gasteiger partial charge in [0.2, 0.25) is 5.95 Å². The van der Waals surface area contributed by atoms with Crippen LogP contribution in [0, 0.1) is 11.6 Å². The Hall–Kier alpha value is -3.65. The molecule has 0 aliphatic rings. The summed E-state index contributed by atoms with van der Waals surface area (Å²) in [6.07, 6.45) is 1.56. The Bertz CT molecular complexity index is 1270. The van der Waals surface area contributed by atoms with Crippen molar-refractivity contribution < 1.29 is 13.9 Å². The smallest absolute Gasteiger partial charge is 0.252 e. The molecule has 1 atom stereocenters. The number of hydrogen-bond donors (Lipinski definition) is 2. The maximum Gasteiger partial charge on any atom is 0.252 e. The van der Waals surface area contributed by atoms with Gasteiger partial charge in [-0.1, -0.05) is 30.3 Å². The fourth-order valence-electron chi connectivity index (χ4n) is 3.32. The highest BCUT2D eigenvalue weighted by molar-refractivity contribution is 5.75. The van der Waals surface area contributed by atoms with Crippen LogP contribution >= 0.6 is 0 Å². The number of aromatic nitrogens is 3. The van der Waals surface area contributed by atoms with Gasteiger partial charge in [-0.25, -0.2) is 13.8 Å². The maximum absolute atomic E-state index is 14.1. The molecule has 0 bridgehead atoms. The van der Waals surface area contributed by atoms with E-state index >= 15 is 0 Å². The van der Waals surface area contributed by atoms with E-state index in [1.54, 1.807) is 12.3 Å². The lowest BCUT2D eigenvalue weighted by atomic mass is 10.1. The molecule has 2 aromatic heterocycles. The predicted molar refractivity (Wildman–Crippen MR) is 114 cm³/mol. The first-order valence-corrected chi connectivity index (χ1v) is 9.72. The minimum Gasteiger partial charge on any atom is -0.392 e. The number of nitrogens with zero attached hydrogens (tertiary/aromatic N) is 3. The number of anilines is 1. The summed E-state index contributed by atoms with van der Waals surface area (Å²) in [6, 6.07) is 13.8. The minimum atomic E-state index is -0.726. The average Bonchev–Trinajstić information content (AvgIpc) is 2.77. The number of pyridine rings is 1. The lowest BCUT2D eigenvalue weighted by Crippen LogP contribution is -2.22. The van der Waals surface area contributed by atoms with Gasteiger partial charge in [-0.2, -0.15) is 4.98 Å². The third-order valence-electron chi connectivity index (χ3n) is 5.11. The summed E-state index contributed by atoms with van der Waals surface area (Å²) in [7, 11) is 0. The molecule has 0 saturated carbocycles. The van der Waals surface area contributed by atoms with E-state index in [1.165, 1.54) is 16.7 Å². The van der Waals surface area contributed by atoms with Crippen LogP contribution in [0.1, 0.15) is 29.7 Å². The Kier molecular flexibility index (Phi) is 5.73. The number of aliphatic hydroxyl groups is 1. The Labute approximate surface area is 176 Å². The molecule has 0 aliphatic heterocycles. The summed E-state index contributed by atoms with van der Waals surface area (Å²) in [5.41, 5.74) is 1.41. The van der Waals surface area contributed by atoms with Gasteiger partial charge >= 0.3 is 0 Å². The van der Waals surface area contributed by atoms with Crippen LogP contribution in [-0.2, 0) is 13.2 Å². The zero-order valence-electron chi connectivity index (χ0n) is 16.7. The van der Waals surface area contributed by atoms with Crippen molar-refractivity contribution in [2.45, 2.75) is 26.1 Å². The van der Waals surface area contributed by atoms with Crippen LogP contribution in [0.2, 0.25) is 0 Å². The largest absolute Gasteiger partial charge is 0.392 e. The predicted octanol–water partition coefficient (Wildman–Crippen LogP) is 3.78. The lowest BCUT2D eigenvalue weighted by molar-refractivity contribution is 0.282. The van der Waals surface area contributed by atoms with Crippen molar-refractivity contribution >= 4 is 17.0 Å². The summed E-state index contributed by atoms with van der Waals surface area (Å²) in [5, 5.41) is 12.9. The Morgan fingerprint density at radius 3 is 2.45 bits per heavy atom. The van der Waals surface area contributed by atoms with Gasteiger partial charge < -0.3 is 10.4 Å². The second-order valence-corrected chi connectivity index (χ2v) is 7.20. The lowest BCUT2D eigenvalue weighted by Gasteiger charge is -2.16. The number of halogens is 2. The van der Waals surface area contributed by atoms with E-state index in [0.29, 0.717) is 5.39 Å². The maximum atomic E-state index is 14.1. The molecule has 6 nitrogen and oxygen atoms in total. The van der Waals surface area contributed by atoms with Crippen LogP contribution in [0.5, 0.6) is 0 Å². The molecule has 2 aromatic carbocycles. The Morgan fingerprint density at radius 1 is 1.06 bits per heavy atom. The van der Waals surface area contributed by atoms with Crippen molar-refractivity contribution in [3.63, 3.8) is 0 Å². The summed E-state index contributed by atoms with van der Waals surface area (Å²) in [6.45, 7) is 1.60. The molecular weight excluding hydrogens is 402 g/mol. The van der Waals surface area contributed by atoms with Crippen LogP contribution in [0.15, 0.2) is 65.6 Å². The molecule has 1 unspecified atom stereocenters. The first-order valence-electron chi connectivity index (χ1n) is 9.72. The van der Waals surface area contributed by atoms with Crippen LogP contribution in [0.3, 0.4) is 0 Å². The molecule has 158 valence electrons. The van der Waals surface area contributed by atoms with Crippen molar-refractivity contribution in [1.82, 2.24) is 14.5 Å². The van der Waals surface area contributed by atoms with E-state index in [0.717, 1.165) is 23.3 Å². The number of benzene rings is 2. The summed E-state index contributed by atoms with van der Waals surface area (Å²) >= 11 is 0. The fourth-order valence-corrected chi connectivity index (χ4v) is 3.32. The molecule has 0 spiro atoms. The first kappa shape index (κ1) is 20.6. The summed E-state index contributed by atoms with van der Waals surface area (Å²) < 4.78 is 29.5. The van der Waals surface area contributed by atoms with Crippen LogP contribution < -0.4 is 10.9 Å². The van der Waals surface area contributed by atoms with Gasteiger partial charge in [0.1, 0.15) is 17.3 Å². The molecule has 8 heteroatoms. The first-order chi connectivity index (χ1) is 15.0. The number of aliphatic hydroxyl groups excluding tert-OH is 1. The van der Waals surface area contributed by atoms with E-state index in [9.17, 15) is 18.7 Å². The van der Waals surface area contributed by atoms with Crippen molar-refractivity contribution in [1.29, 1.82) is 0 Å². The molecular formula is C23H20F2N4O2. The van der Waals surface area contributed by atoms with Crippen molar-refractivity contribution in [3.8, 4) is 0 Å². The van der Waals surface area contributed by atoms with Crippen LogP contribution in [0.4, 0.5) is 14.7 Å².